The molecule has 1 aliphatic heterocycles. The first-order valence-electron chi connectivity index (χ1n) is 13.8. The number of hydrogen-bond acceptors (Lipinski definition) is 5. The molecule has 1 heterocycles. The Hall–Kier alpha value is -3.68. The molecule has 39 heavy (non-hydrogen) atoms. The maximum atomic E-state index is 13.7. The van der Waals surface area contributed by atoms with Crippen LogP contribution >= 0.6 is 0 Å². The van der Waals surface area contributed by atoms with Gasteiger partial charge in [-0.2, -0.15) is 0 Å². The van der Waals surface area contributed by atoms with Crippen LogP contribution in [0.15, 0.2) is 48.5 Å². The van der Waals surface area contributed by atoms with Crippen molar-refractivity contribution in [2.75, 3.05) is 38.6 Å². The Morgan fingerprint density at radius 1 is 1.03 bits per heavy atom. The van der Waals surface area contributed by atoms with E-state index < -0.39 is 6.04 Å². The number of carbonyl (C=O) groups is 4. The topological polar surface area (TPSA) is 90.0 Å². The number of nitrogens with zero attached hydrogens (tertiary/aromatic N) is 3. The van der Waals surface area contributed by atoms with Crippen molar-refractivity contribution >= 4 is 29.2 Å². The summed E-state index contributed by atoms with van der Waals surface area (Å²) < 4.78 is 0. The molecule has 0 spiro atoms. The van der Waals surface area contributed by atoms with Gasteiger partial charge in [-0.1, -0.05) is 38.5 Å². The van der Waals surface area contributed by atoms with E-state index in [0.717, 1.165) is 11.3 Å². The molecule has 2 atom stereocenters. The minimum absolute atomic E-state index is 0.0471. The van der Waals surface area contributed by atoms with Crippen molar-refractivity contribution < 1.29 is 19.2 Å². The number of aryl methyl sites for hydroxylation is 1. The molecular weight excluding hydrogens is 492 g/mol. The second-order valence-corrected chi connectivity index (χ2v) is 11.0. The molecule has 1 saturated heterocycles. The molecule has 0 aromatic heterocycles. The second-order valence-electron chi connectivity index (χ2n) is 11.0. The maximum Gasteiger partial charge on any atom is 0.254 e. The molecule has 0 radical (unpaired) electrons. The number of carbonyl (C=O) groups excluding carboxylic acids is 4. The molecule has 2 aromatic carbocycles. The van der Waals surface area contributed by atoms with Gasteiger partial charge in [0.1, 0.15) is 6.04 Å². The van der Waals surface area contributed by atoms with E-state index in [4.69, 9.17) is 0 Å². The van der Waals surface area contributed by atoms with Crippen molar-refractivity contribution in [3.63, 3.8) is 0 Å². The number of hydrogen-bond donors (Lipinski definition) is 1. The minimum atomic E-state index is -0.747. The van der Waals surface area contributed by atoms with Gasteiger partial charge in [-0.3, -0.25) is 19.2 Å². The smallest absolute Gasteiger partial charge is 0.254 e. The molecule has 3 amide bonds. The van der Waals surface area contributed by atoms with Crippen LogP contribution in [0.2, 0.25) is 0 Å². The number of benzene rings is 2. The van der Waals surface area contributed by atoms with Crippen LogP contribution in [-0.2, 0) is 9.59 Å². The summed E-state index contributed by atoms with van der Waals surface area (Å²) in [6.45, 7) is 8.12. The van der Waals surface area contributed by atoms with Gasteiger partial charge in [-0.15, -0.1) is 0 Å². The fourth-order valence-corrected chi connectivity index (χ4v) is 4.98. The first-order valence-corrected chi connectivity index (χ1v) is 13.8. The van der Waals surface area contributed by atoms with Crippen molar-refractivity contribution in [2.45, 2.75) is 59.0 Å². The van der Waals surface area contributed by atoms with E-state index in [1.54, 1.807) is 28.0 Å². The lowest BCUT2D eigenvalue weighted by Gasteiger charge is -2.37. The number of ketones is 1. The molecule has 8 nitrogen and oxygen atoms in total. The van der Waals surface area contributed by atoms with Gasteiger partial charge < -0.3 is 20.0 Å². The van der Waals surface area contributed by atoms with Gasteiger partial charge >= 0.3 is 0 Å². The molecule has 0 bridgehead atoms. The van der Waals surface area contributed by atoms with E-state index >= 15 is 0 Å². The summed E-state index contributed by atoms with van der Waals surface area (Å²) in [5, 5.41) is 2.92. The quantitative estimate of drug-likeness (QED) is 0.554. The summed E-state index contributed by atoms with van der Waals surface area (Å²) in [6, 6.07) is 13.7. The minimum Gasteiger partial charge on any atom is -0.378 e. The number of amides is 3. The largest absolute Gasteiger partial charge is 0.378 e. The van der Waals surface area contributed by atoms with Crippen molar-refractivity contribution in [3.8, 4) is 0 Å². The van der Waals surface area contributed by atoms with E-state index in [-0.39, 0.29) is 48.6 Å². The molecule has 0 aliphatic carbocycles. The fourth-order valence-electron chi connectivity index (χ4n) is 4.98. The van der Waals surface area contributed by atoms with E-state index in [1.807, 2.05) is 77.0 Å². The zero-order valence-corrected chi connectivity index (χ0v) is 24.1. The van der Waals surface area contributed by atoms with Gasteiger partial charge in [0.25, 0.3) is 11.8 Å². The number of nitrogens with one attached hydrogen (secondary N) is 1. The highest BCUT2D eigenvalue weighted by Crippen LogP contribution is 2.19. The van der Waals surface area contributed by atoms with Gasteiger partial charge in [0.2, 0.25) is 5.91 Å². The molecule has 3 rings (SSSR count). The molecule has 8 heteroatoms. The third-order valence-electron chi connectivity index (χ3n) is 7.15. The van der Waals surface area contributed by atoms with E-state index in [2.05, 4.69) is 5.32 Å². The van der Waals surface area contributed by atoms with Crippen LogP contribution in [0.5, 0.6) is 0 Å². The van der Waals surface area contributed by atoms with Crippen LogP contribution in [0, 0.1) is 12.8 Å². The monoisotopic (exact) mass is 534 g/mol. The molecule has 210 valence electrons. The van der Waals surface area contributed by atoms with Crippen LogP contribution in [0.4, 0.5) is 5.69 Å². The normalized spacial score (nSPS) is 16.9. The molecular formula is C31H42N4O4. The summed E-state index contributed by atoms with van der Waals surface area (Å²) in [4.78, 5) is 58.4. The van der Waals surface area contributed by atoms with Gasteiger partial charge in [-0.05, 0) is 68.5 Å². The number of rotatable bonds is 8. The SMILES string of the molecule is CC[C@H]1CCN(C(=O)[C@H](CC(C)C)NC(=O)c2ccc(N(C)C)cc2)CC(=O)CN1C(=O)c1cccc(C)c1. The highest BCUT2D eigenvalue weighted by Gasteiger charge is 2.33. The van der Waals surface area contributed by atoms with Crippen LogP contribution in [-0.4, -0.2) is 79.1 Å². The van der Waals surface area contributed by atoms with Crippen LogP contribution < -0.4 is 10.2 Å². The summed E-state index contributed by atoms with van der Waals surface area (Å²) in [6.07, 6.45) is 1.68. The lowest BCUT2D eigenvalue weighted by Crippen LogP contribution is -2.55. The van der Waals surface area contributed by atoms with E-state index in [1.165, 1.54) is 0 Å². The molecule has 1 fully saturated rings. The van der Waals surface area contributed by atoms with Crippen molar-refractivity contribution in [2.24, 2.45) is 5.92 Å². The Kier molecular flexibility index (Phi) is 10.3. The van der Waals surface area contributed by atoms with Crippen LogP contribution in [0.25, 0.3) is 0 Å². The van der Waals surface area contributed by atoms with Crippen molar-refractivity contribution in [1.82, 2.24) is 15.1 Å². The summed E-state index contributed by atoms with van der Waals surface area (Å²) >= 11 is 0. The fraction of sp³-hybridized carbons (Fsp3) is 0.484. The average Bonchev–Trinajstić information content (AvgIpc) is 2.89. The maximum absolute atomic E-state index is 13.7. The molecule has 0 saturated carbocycles. The highest BCUT2D eigenvalue weighted by atomic mass is 16.2. The first kappa shape index (κ1) is 29.9. The Morgan fingerprint density at radius 3 is 2.31 bits per heavy atom. The Balaban J connectivity index is 1.75. The van der Waals surface area contributed by atoms with Gasteiger partial charge in [0, 0.05) is 43.5 Å². The summed E-state index contributed by atoms with van der Waals surface area (Å²) in [5.41, 5.74) is 2.99. The van der Waals surface area contributed by atoms with Gasteiger partial charge in [0.05, 0.1) is 13.1 Å². The van der Waals surface area contributed by atoms with E-state index in [9.17, 15) is 19.2 Å². The standard InChI is InChI=1S/C31H42N4O4/c1-7-25-15-16-34(19-27(36)20-35(25)30(38)24-10-8-9-22(4)18-24)31(39)28(17-21(2)3)32-29(37)23-11-13-26(14-12-23)33(5)6/h8-14,18,21,25,28H,7,15-17,19-20H2,1-6H3,(H,32,37)/t25-,28-/m0/s1. The lowest BCUT2D eigenvalue weighted by molar-refractivity contribution is -0.138. The zero-order chi connectivity index (χ0) is 28.7. The third-order valence-corrected chi connectivity index (χ3v) is 7.15. The summed E-state index contributed by atoms with van der Waals surface area (Å²) in [7, 11) is 3.86. The van der Waals surface area contributed by atoms with Gasteiger partial charge in [-0.25, -0.2) is 0 Å². The predicted octanol–water partition coefficient (Wildman–Crippen LogP) is 3.93. The Morgan fingerprint density at radius 2 is 1.72 bits per heavy atom. The first-order chi connectivity index (χ1) is 18.5. The second kappa shape index (κ2) is 13.4. The predicted molar refractivity (Wildman–Crippen MR) is 154 cm³/mol. The van der Waals surface area contributed by atoms with E-state index in [0.29, 0.717) is 36.9 Å². The highest BCUT2D eigenvalue weighted by molar-refractivity contribution is 6.00. The molecule has 1 aliphatic rings. The zero-order valence-electron chi connectivity index (χ0n) is 24.1. The molecule has 0 unspecified atom stereocenters. The van der Waals surface area contributed by atoms with Crippen LogP contribution in [0.1, 0.15) is 66.3 Å². The van der Waals surface area contributed by atoms with Crippen LogP contribution in [0.3, 0.4) is 0 Å². The number of Topliss-reactive ketones (excluding diaryl/α,β-unsaturated/α-hetero) is 1. The lowest BCUT2D eigenvalue weighted by atomic mass is 10.00. The molecule has 1 N–H and O–H groups in total. The van der Waals surface area contributed by atoms with Crippen molar-refractivity contribution in [1.29, 1.82) is 0 Å². The average molecular weight is 535 g/mol. The Labute approximate surface area is 232 Å². The third kappa shape index (κ3) is 7.91. The molecule has 2 aromatic rings. The summed E-state index contributed by atoms with van der Waals surface area (Å²) in [5.74, 6) is -0.783. The number of anilines is 1. The Bertz CT molecular complexity index is 1180. The van der Waals surface area contributed by atoms with Gasteiger partial charge in [0.15, 0.2) is 5.78 Å². The van der Waals surface area contributed by atoms with Crippen molar-refractivity contribution in [3.05, 3.63) is 65.2 Å².